The summed E-state index contributed by atoms with van der Waals surface area (Å²) in [5.74, 6) is -2.27. The number of ether oxygens (including phenoxy) is 4. The molecule has 0 spiro atoms. The fraction of sp³-hybridized carbons (Fsp3) is 0.840. The minimum atomic E-state index is -4.72. The van der Waals surface area contributed by atoms with Crippen molar-refractivity contribution in [3.63, 3.8) is 0 Å². The van der Waals surface area contributed by atoms with Crippen LogP contribution < -0.4 is 5.32 Å². The summed E-state index contributed by atoms with van der Waals surface area (Å²) >= 11 is 5.80. The summed E-state index contributed by atoms with van der Waals surface area (Å²) in [6.07, 6.45) is 4.03. The molecule has 0 aliphatic carbocycles. The van der Waals surface area contributed by atoms with Gasteiger partial charge in [0.15, 0.2) is 5.79 Å². The third-order valence-electron chi connectivity index (χ3n) is 6.59. The highest BCUT2D eigenvalue weighted by Gasteiger charge is 2.52. The summed E-state index contributed by atoms with van der Waals surface area (Å²) < 4.78 is 63.4. The minimum absolute atomic E-state index is 0.0667. The topological polar surface area (TPSA) is 123 Å². The molecule has 0 radical (unpaired) electrons. The quantitative estimate of drug-likeness (QED) is 0.0762. The fourth-order valence-corrected chi connectivity index (χ4v) is 4.96. The van der Waals surface area contributed by atoms with E-state index in [-0.39, 0.29) is 23.7 Å². The van der Waals surface area contributed by atoms with Crippen molar-refractivity contribution in [2.75, 3.05) is 31.7 Å². The molecule has 1 aromatic rings. The first-order chi connectivity index (χ1) is 18.6. The van der Waals surface area contributed by atoms with E-state index in [2.05, 4.69) is 25.3 Å². The SMILES string of the molecule is CC1(C)O[C@@H]2[C@H](O1)[C@@H](Nc1cc(Cl)nc(C(F)(F)F)n1)CO[C@@H]2COCCCCCCCCCCCN=[N+]=[N-]. The molecule has 220 valence electrons. The van der Waals surface area contributed by atoms with Crippen LogP contribution in [0.4, 0.5) is 19.0 Å². The number of nitrogens with zero attached hydrogens (tertiary/aromatic N) is 5. The zero-order chi connectivity index (χ0) is 28.3. The van der Waals surface area contributed by atoms with Crippen molar-refractivity contribution in [3.8, 4) is 0 Å². The van der Waals surface area contributed by atoms with Crippen LogP contribution in [0.2, 0.25) is 5.15 Å². The van der Waals surface area contributed by atoms with Crippen molar-refractivity contribution in [2.45, 2.75) is 108 Å². The first-order valence-electron chi connectivity index (χ1n) is 13.5. The second kappa shape index (κ2) is 15.2. The molecule has 1 aromatic heterocycles. The number of rotatable bonds is 16. The van der Waals surface area contributed by atoms with Gasteiger partial charge in [0.2, 0.25) is 5.82 Å². The predicted octanol–water partition coefficient (Wildman–Crippen LogP) is 6.69. The zero-order valence-corrected chi connectivity index (χ0v) is 23.2. The average Bonchev–Trinajstić information content (AvgIpc) is 3.20. The van der Waals surface area contributed by atoms with Gasteiger partial charge in [0.1, 0.15) is 29.3 Å². The van der Waals surface area contributed by atoms with E-state index in [0.717, 1.165) is 32.1 Å². The van der Waals surface area contributed by atoms with E-state index >= 15 is 0 Å². The van der Waals surface area contributed by atoms with Gasteiger partial charge in [-0.3, -0.25) is 0 Å². The van der Waals surface area contributed by atoms with Gasteiger partial charge in [-0.25, -0.2) is 9.97 Å². The summed E-state index contributed by atoms with van der Waals surface area (Å²) in [6.45, 7) is 5.27. The normalized spacial score (nSPS) is 24.3. The molecule has 1 N–H and O–H groups in total. The number of hydrogen-bond donors (Lipinski definition) is 1. The maximum atomic E-state index is 13.1. The molecular weight excluding hydrogens is 541 g/mol. The summed E-state index contributed by atoms with van der Waals surface area (Å²) in [6, 6.07) is 0.724. The van der Waals surface area contributed by atoms with Crippen molar-refractivity contribution < 1.29 is 32.1 Å². The molecule has 0 saturated carbocycles. The number of fused-ring (bicyclic) bond motifs is 1. The van der Waals surface area contributed by atoms with E-state index in [9.17, 15) is 13.2 Å². The molecule has 0 amide bonds. The molecule has 10 nitrogen and oxygen atoms in total. The van der Waals surface area contributed by atoms with Gasteiger partial charge in [0.25, 0.3) is 0 Å². The standard InChI is InChI=1S/C25H38ClF3N6O4/c1-24(2)38-21-17(32-20-14-19(26)33-23(34-20)25(27,28)29)15-37-18(22(21)39-24)16-36-13-11-9-7-5-3-4-6-8-10-12-31-35-30/h14,17-18,21-22H,3-13,15-16H2,1-2H3,(H,32,33,34)/t17-,18+,21+,22-/m0/s1. The molecule has 2 fully saturated rings. The molecular formula is C25H38ClF3N6O4. The molecule has 2 aliphatic heterocycles. The lowest BCUT2D eigenvalue weighted by Crippen LogP contribution is -2.55. The Morgan fingerprint density at radius 3 is 2.38 bits per heavy atom. The Morgan fingerprint density at radius 1 is 1.08 bits per heavy atom. The first kappa shape index (κ1) is 31.6. The van der Waals surface area contributed by atoms with Crippen molar-refractivity contribution in [1.82, 2.24) is 9.97 Å². The first-order valence-corrected chi connectivity index (χ1v) is 13.9. The zero-order valence-electron chi connectivity index (χ0n) is 22.5. The van der Waals surface area contributed by atoms with E-state index < -0.39 is 36.0 Å². The van der Waals surface area contributed by atoms with Crippen LogP contribution in [0.1, 0.15) is 77.5 Å². The Bertz CT molecular complexity index is 951. The van der Waals surface area contributed by atoms with Crippen LogP contribution in [0.3, 0.4) is 0 Å². The van der Waals surface area contributed by atoms with Crippen LogP contribution in [0.15, 0.2) is 11.2 Å². The van der Waals surface area contributed by atoms with Gasteiger partial charge in [-0.1, -0.05) is 61.7 Å². The molecule has 14 heteroatoms. The van der Waals surface area contributed by atoms with Crippen molar-refractivity contribution in [2.24, 2.45) is 5.11 Å². The highest BCUT2D eigenvalue weighted by Crippen LogP contribution is 2.37. The molecule has 0 unspecified atom stereocenters. The molecule has 2 aliphatic rings. The second-order valence-corrected chi connectivity index (χ2v) is 10.7. The predicted molar refractivity (Wildman–Crippen MR) is 139 cm³/mol. The summed E-state index contributed by atoms with van der Waals surface area (Å²) in [7, 11) is 0. The maximum absolute atomic E-state index is 13.1. The van der Waals surface area contributed by atoms with Crippen molar-refractivity contribution >= 4 is 17.4 Å². The molecule has 3 heterocycles. The Morgan fingerprint density at radius 2 is 1.72 bits per heavy atom. The number of anilines is 1. The van der Waals surface area contributed by atoms with Gasteiger partial charge in [0, 0.05) is 24.1 Å². The monoisotopic (exact) mass is 578 g/mol. The number of hydrogen-bond acceptors (Lipinski definition) is 8. The van der Waals surface area contributed by atoms with Crippen molar-refractivity contribution in [3.05, 3.63) is 27.5 Å². The lowest BCUT2D eigenvalue weighted by Gasteiger charge is -2.37. The lowest BCUT2D eigenvalue weighted by molar-refractivity contribution is -0.160. The molecule has 2 saturated heterocycles. The molecule has 39 heavy (non-hydrogen) atoms. The van der Waals surface area contributed by atoms with Crippen LogP contribution in [0.5, 0.6) is 0 Å². The fourth-order valence-electron chi connectivity index (χ4n) is 4.78. The van der Waals surface area contributed by atoms with Crippen LogP contribution in [-0.2, 0) is 25.1 Å². The maximum Gasteiger partial charge on any atom is 0.451 e. The third kappa shape index (κ3) is 10.5. The largest absolute Gasteiger partial charge is 0.451 e. The Kier molecular flexibility index (Phi) is 12.3. The highest BCUT2D eigenvalue weighted by molar-refractivity contribution is 6.29. The van der Waals surface area contributed by atoms with Crippen LogP contribution in [-0.4, -0.2) is 66.5 Å². The average molecular weight is 579 g/mol. The Balaban J connectivity index is 1.37. The summed E-state index contributed by atoms with van der Waals surface area (Å²) in [5, 5.41) is 6.19. The molecule has 4 atom stereocenters. The second-order valence-electron chi connectivity index (χ2n) is 10.3. The highest BCUT2D eigenvalue weighted by atomic mass is 35.5. The number of alkyl halides is 3. The number of unbranched alkanes of at least 4 members (excludes halogenated alkanes) is 8. The summed E-state index contributed by atoms with van der Waals surface area (Å²) in [4.78, 5) is 9.58. The van der Waals surface area contributed by atoms with Gasteiger partial charge in [-0.15, -0.1) is 0 Å². The van der Waals surface area contributed by atoms with Gasteiger partial charge in [-0.05, 0) is 32.2 Å². The van der Waals surface area contributed by atoms with Crippen LogP contribution in [0, 0.1) is 0 Å². The van der Waals surface area contributed by atoms with Gasteiger partial charge in [-0.2, -0.15) is 13.2 Å². The van der Waals surface area contributed by atoms with Crippen LogP contribution in [0.25, 0.3) is 10.4 Å². The number of azide groups is 1. The minimum Gasteiger partial charge on any atom is -0.379 e. The van der Waals surface area contributed by atoms with Gasteiger partial charge >= 0.3 is 6.18 Å². The summed E-state index contributed by atoms with van der Waals surface area (Å²) in [5.41, 5.74) is 8.25. The van der Waals surface area contributed by atoms with E-state index in [1.54, 1.807) is 13.8 Å². The lowest BCUT2D eigenvalue weighted by atomic mass is 9.98. The third-order valence-corrected chi connectivity index (χ3v) is 6.78. The smallest absolute Gasteiger partial charge is 0.379 e. The Hall–Kier alpha value is -1.89. The number of aromatic nitrogens is 2. The molecule has 0 bridgehead atoms. The number of nitrogens with one attached hydrogen (secondary N) is 1. The van der Waals surface area contributed by atoms with Crippen molar-refractivity contribution in [1.29, 1.82) is 0 Å². The van der Waals surface area contributed by atoms with Gasteiger partial charge < -0.3 is 24.3 Å². The van der Waals surface area contributed by atoms with E-state index in [1.807, 2.05) is 0 Å². The number of halogens is 4. The van der Waals surface area contributed by atoms with Crippen LogP contribution >= 0.6 is 11.6 Å². The molecule has 3 rings (SSSR count). The van der Waals surface area contributed by atoms with E-state index in [4.69, 9.17) is 36.1 Å². The van der Waals surface area contributed by atoms with Gasteiger partial charge in [0.05, 0.1) is 19.3 Å². The van der Waals surface area contributed by atoms with E-state index in [1.165, 1.54) is 31.7 Å². The molecule has 0 aromatic carbocycles. The Labute approximate surface area is 231 Å². The van der Waals surface area contributed by atoms with E-state index in [0.29, 0.717) is 19.8 Å².